The van der Waals surface area contributed by atoms with Gasteiger partial charge in [-0.15, -0.1) is 11.3 Å². The van der Waals surface area contributed by atoms with Crippen molar-refractivity contribution in [2.24, 2.45) is 5.73 Å². The van der Waals surface area contributed by atoms with Gasteiger partial charge in [0.15, 0.2) is 5.75 Å². The number of aromatic nitrogens is 2. The second-order valence-corrected chi connectivity index (χ2v) is 5.33. The van der Waals surface area contributed by atoms with Crippen LogP contribution in [0.2, 0.25) is 0 Å². The number of nitrogens with zero attached hydrogens (tertiary/aromatic N) is 2. The van der Waals surface area contributed by atoms with Gasteiger partial charge in [-0.05, 0) is 34.3 Å². The SMILES string of the molecule is CCn1ncc(OC)c1C(N)c1sccc1Br. The summed E-state index contributed by atoms with van der Waals surface area (Å²) in [5, 5.41) is 6.28. The maximum atomic E-state index is 6.30. The Hall–Kier alpha value is -0.850. The van der Waals surface area contributed by atoms with E-state index < -0.39 is 0 Å². The summed E-state index contributed by atoms with van der Waals surface area (Å²) in [5.41, 5.74) is 7.21. The van der Waals surface area contributed by atoms with Crippen molar-refractivity contribution in [3.05, 3.63) is 32.7 Å². The van der Waals surface area contributed by atoms with E-state index >= 15 is 0 Å². The summed E-state index contributed by atoms with van der Waals surface area (Å²) in [5.74, 6) is 0.736. The van der Waals surface area contributed by atoms with E-state index in [4.69, 9.17) is 10.5 Å². The van der Waals surface area contributed by atoms with Gasteiger partial charge < -0.3 is 10.5 Å². The molecule has 4 nitrogen and oxygen atoms in total. The van der Waals surface area contributed by atoms with Crippen LogP contribution in [0.25, 0.3) is 0 Å². The average Bonchev–Trinajstić information content (AvgIpc) is 2.93. The van der Waals surface area contributed by atoms with Gasteiger partial charge in [0.2, 0.25) is 0 Å². The number of ether oxygens (including phenoxy) is 1. The topological polar surface area (TPSA) is 53.1 Å². The van der Waals surface area contributed by atoms with Crippen molar-refractivity contribution in [3.63, 3.8) is 0 Å². The molecule has 0 saturated carbocycles. The number of rotatable bonds is 4. The molecular formula is C11H14BrN3OS. The lowest BCUT2D eigenvalue weighted by Gasteiger charge is -2.14. The van der Waals surface area contributed by atoms with Gasteiger partial charge in [-0.3, -0.25) is 4.68 Å². The number of aryl methyl sites for hydroxylation is 1. The van der Waals surface area contributed by atoms with Crippen LogP contribution in [0.15, 0.2) is 22.1 Å². The molecule has 0 radical (unpaired) electrons. The van der Waals surface area contributed by atoms with Crippen molar-refractivity contribution < 1.29 is 4.74 Å². The standard InChI is InChI=1S/C11H14BrN3OS/c1-3-15-10(8(16-2)6-14-15)9(13)11-7(12)4-5-17-11/h4-6,9H,3,13H2,1-2H3. The van der Waals surface area contributed by atoms with E-state index in [2.05, 4.69) is 21.0 Å². The van der Waals surface area contributed by atoms with Crippen LogP contribution >= 0.6 is 27.3 Å². The molecule has 0 fully saturated rings. The van der Waals surface area contributed by atoms with Gasteiger partial charge in [0.25, 0.3) is 0 Å². The summed E-state index contributed by atoms with van der Waals surface area (Å²) in [6.45, 7) is 2.81. The Morgan fingerprint density at radius 2 is 2.41 bits per heavy atom. The third-order valence-corrected chi connectivity index (χ3v) is 4.54. The van der Waals surface area contributed by atoms with E-state index in [-0.39, 0.29) is 6.04 Å². The number of halogens is 1. The highest BCUT2D eigenvalue weighted by molar-refractivity contribution is 9.10. The minimum atomic E-state index is -0.221. The predicted octanol–water partition coefficient (Wildman–Crippen LogP) is 2.78. The zero-order chi connectivity index (χ0) is 12.4. The highest BCUT2D eigenvalue weighted by Crippen LogP contribution is 2.35. The van der Waals surface area contributed by atoms with E-state index in [9.17, 15) is 0 Å². The monoisotopic (exact) mass is 315 g/mol. The van der Waals surface area contributed by atoms with E-state index in [0.29, 0.717) is 0 Å². The fraction of sp³-hybridized carbons (Fsp3) is 0.364. The second-order valence-electron chi connectivity index (χ2n) is 3.52. The summed E-state index contributed by atoms with van der Waals surface area (Å²) >= 11 is 5.13. The molecule has 0 aliphatic heterocycles. The predicted molar refractivity (Wildman–Crippen MR) is 72.5 cm³/mol. The number of nitrogens with two attached hydrogens (primary N) is 1. The Kier molecular flexibility index (Phi) is 3.86. The molecule has 1 unspecified atom stereocenters. The molecule has 2 rings (SSSR count). The van der Waals surface area contributed by atoms with Gasteiger partial charge >= 0.3 is 0 Å². The van der Waals surface area contributed by atoms with Crippen LogP contribution < -0.4 is 10.5 Å². The summed E-state index contributed by atoms with van der Waals surface area (Å²) in [4.78, 5) is 1.08. The molecule has 2 N–H and O–H groups in total. The van der Waals surface area contributed by atoms with Crippen LogP contribution in [0, 0.1) is 0 Å². The number of hydrogen-bond donors (Lipinski definition) is 1. The molecule has 0 amide bonds. The Morgan fingerprint density at radius 3 is 2.94 bits per heavy atom. The Labute approximate surface area is 113 Å². The molecule has 6 heteroatoms. The maximum Gasteiger partial charge on any atom is 0.161 e. The molecule has 17 heavy (non-hydrogen) atoms. The van der Waals surface area contributed by atoms with E-state index in [1.807, 2.05) is 23.1 Å². The van der Waals surface area contributed by atoms with E-state index in [1.54, 1.807) is 24.6 Å². The molecule has 0 aliphatic rings. The Bertz CT molecular complexity index is 487. The maximum absolute atomic E-state index is 6.30. The van der Waals surface area contributed by atoms with Crippen molar-refractivity contribution in [1.29, 1.82) is 0 Å². The smallest absolute Gasteiger partial charge is 0.161 e. The van der Waals surface area contributed by atoms with E-state index in [1.165, 1.54) is 0 Å². The third kappa shape index (κ3) is 2.25. The van der Waals surface area contributed by atoms with Crippen molar-refractivity contribution in [1.82, 2.24) is 9.78 Å². The van der Waals surface area contributed by atoms with Crippen molar-refractivity contribution in [3.8, 4) is 5.75 Å². The lowest BCUT2D eigenvalue weighted by molar-refractivity contribution is 0.405. The Balaban J connectivity index is 2.45. The molecular weight excluding hydrogens is 302 g/mol. The van der Waals surface area contributed by atoms with Crippen LogP contribution in [-0.4, -0.2) is 16.9 Å². The molecule has 0 aromatic carbocycles. The first-order valence-electron chi connectivity index (χ1n) is 5.27. The zero-order valence-corrected chi connectivity index (χ0v) is 12.1. The molecule has 0 bridgehead atoms. The molecule has 2 aromatic rings. The number of thiophene rings is 1. The molecule has 0 saturated heterocycles. The van der Waals surface area contributed by atoms with Gasteiger partial charge in [-0.1, -0.05) is 0 Å². The summed E-state index contributed by atoms with van der Waals surface area (Å²) < 4.78 is 8.21. The van der Waals surface area contributed by atoms with Crippen LogP contribution in [0.3, 0.4) is 0 Å². The van der Waals surface area contributed by atoms with Crippen molar-refractivity contribution in [2.75, 3.05) is 7.11 Å². The first-order chi connectivity index (χ1) is 8.19. The van der Waals surface area contributed by atoms with Gasteiger partial charge in [0, 0.05) is 15.9 Å². The Morgan fingerprint density at radius 1 is 1.65 bits per heavy atom. The number of hydrogen-bond acceptors (Lipinski definition) is 4. The minimum absolute atomic E-state index is 0.221. The molecule has 0 spiro atoms. The van der Waals surface area contributed by atoms with Gasteiger partial charge in [0.05, 0.1) is 19.3 Å². The summed E-state index contributed by atoms with van der Waals surface area (Å²) in [6, 6.07) is 1.78. The fourth-order valence-electron chi connectivity index (χ4n) is 1.75. The molecule has 2 heterocycles. The van der Waals surface area contributed by atoms with Crippen LogP contribution in [0.4, 0.5) is 0 Å². The zero-order valence-electron chi connectivity index (χ0n) is 9.68. The summed E-state index contributed by atoms with van der Waals surface area (Å²) in [7, 11) is 1.64. The van der Waals surface area contributed by atoms with Gasteiger partial charge in [0.1, 0.15) is 5.69 Å². The van der Waals surface area contributed by atoms with Crippen LogP contribution in [-0.2, 0) is 6.54 Å². The van der Waals surface area contributed by atoms with Crippen LogP contribution in [0.1, 0.15) is 23.5 Å². The quantitative estimate of drug-likeness (QED) is 0.944. The van der Waals surface area contributed by atoms with Crippen molar-refractivity contribution in [2.45, 2.75) is 19.5 Å². The molecule has 0 aliphatic carbocycles. The largest absolute Gasteiger partial charge is 0.493 e. The average molecular weight is 316 g/mol. The normalized spacial score (nSPS) is 12.7. The number of methoxy groups -OCH3 is 1. The van der Waals surface area contributed by atoms with Gasteiger partial charge in [-0.25, -0.2) is 0 Å². The lowest BCUT2D eigenvalue weighted by atomic mass is 10.1. The van der Waals surface area contributed by atoms with Gasteiger partial charge in [-0.2, -0.15) is 5.10 Å². The van der Waals surface area contributed by atoms with Crippen molar-refractivity contribution >= 4 is 27.3 Å². The lowest BCUT2D eigenvalue weighted by Crippen LogP contribution is -2.17. The minimum Gasteiger partial charge on any atom is -0.493 e. The molecule has 1 atom stereocenters. The fourth-order valence-corrected chi connectivity index (χ4v) is 3.38. The highest BCUT2D eigenvalue weighted by atomic mass is 79.9. The summed E-state index contributed by atoms with van der Waals surface area (Å²) in [6.07, 6.45) is 1.71. The first kappa shape index (κ1) is 12.6. The second kappa shape index (κ2) is 5.20. The molecule has 2 aromatic heterocycles. The third-order valence-electron chi connectivity index (χ3n) is 2.59. The first-order valence-corrected chi connectivity index (χ1v) is 6.94. The van der Waals surface area contributed by atoms with E-state index in [0.717, 1.165) is 27.3 Å². The highest BCUT2D eigenvalue weighted by Gasteiger charge is 2.22. The van der Waals surface area contributed by atoms with Crippen LogP contribution in [0.5, 0.6) is 5.75 Å². The molecule has 92 valence electrons.